The van der Waals surface area contributed by atoms with Gasteiger partial charge in [0.15, 0.2) is 5.82 Å². The standard InChI is InChI=1S/C22H25N5O/c1-14-18-4-2-3-5-19(18)22(25-24-14)23-16-8-10-17(11-9-16)27-21(28)13-12-20(26-27)15-6-7-15/h2-5,12-13,15-17H,6-11H2,1H3,(H,23,25). The third-order valence-corrected chi connectivity index (χ3v) is 6.10. The Morgan fingerprint density at radius 3 is 2.43 bits per heavy atom. The van der Waals surface area contributed by atoms with Gasteiger partial charge >= 0.3 is 0 Å². The highest BCUT2D eigenvalue weighted by Crippen LogP contribution is 2.39. The molecule has 2 aromatic heterocycles. The molecule has 0 atom stereocenters. The maximum Gasteiger partial charge on any atom is 0.267 e. The van der Waals surface area contributed by atoms with Crippen molar-refractivity contribution >= 4 is 16.6 Å². The molecule has 3 aromatic rings. The zero-order chi connectivity index (χ0) is 19.1. The molecule has 6 heteroatoms. The highest BCUT2D eigenvalue weighted by molar-refractivity contribution is 5.92. The number of hydrogen-bond acceptors (Lipinski definition) is 5. The number of fused-ring (bicyclic) bond motifs is 1. The Hall–Kier alpha value is -2.76. The molecule has 2 heterocycles. The molecular formula is C22H25N5O. The van der Waals surface area contributed by atoms with Crippen molar-refractivity contribution in [3.05, 3.63) is 58.1 Å². The van der Waals surface area contributed by atoms with E-state index >= 15 is 0 Å². The fourth-order valence-corrected chi connectivity index (χ4v) is 4.30. The van der Waals surface area contributed by atoms with E-state index in [2.05, 4.69) is 32.7 Å². The van der Waals surface area contributed by atoms with Crippen molar-refractivity contribution < 1.29 is 0 Å². The summed E-state index contributed by atoms with van der Waals surface area (Å²) in [5.74, 6) is 1.42. The van der Waals surface area contributed by atoms with E-state index in [1.807, 2.05) is 25.1 Å². The van der Waals surface area contributed by atoms with Gasteiger partial charge in [0.1, 0.15) is 0 Å². The fraction of sp³-hybridized carbons (Fsp3) is 0.455. The second-order valence-electron chi connectivity index (χ2n) is 8.14. The third-order valence-electron chi connectivity index (χ3n) is 6.10. The van der Waals surface area contributed by atoms with Crippen LogP contribution in [0, 0.1) is 6.92 Å². The fourth-order valence-electron chi connectivity index (χ4n) is 4.30. The number of anilines is 1. The topological polar surface area (TPSA) is 72.7 Å². The van der Waals surface area contributed by atoms with Gasteiger partial charge in [-0.1, -0.05) is 24.3 Å². The number of aromatic nitrogens is 4. The highest BCUT2D eigenvalue weighted by atomic mass is 16.1. The molecule has 2 aliphatic rings. The third kappa shape index (κ3) is 3.28. The molecule has 2 aliphatic carbocycles. The Morgan fingerprint density at radius 2 is 1.68 bits per heavy atom. The predicted octanol–water partition coefficient (Wildman–Crippen LogP) is 3.97. The molecule has 0 amide bonds. The lowest BCUT2D eigenvalue weighted by atomic mass is 9.91. The van der Waals surface area contributed by atoms with Crippen LogP contribution in [0.15, 0.2) is 41.2 Å². The Balaban J connectivity index is 1.30. The molecule has 0 aliphatic heterocycles. The zero-order valence-electron chi connectivity index (χ0n) is 16.1. The van der Waals surface area contributed by atoms with Crippen LogP contribution in [0.3, 0.4) is 0 Å². The molecule has 0 radical (unpaired) electrons. The lowest BCUT2D eigenvalue weighted by Gasteiger charge is -2.30. The number of benzene rings is 1. The molecule has 144 valence electrons. The maximum absolute atomic E-state index is 12.3. The number of aryl methyl sites for hydroxylation is 1. The first kappa shape index (κ1) is 17.3. The van der Waals surface area contributed by atoms with Gasteiger partial charge in [0, 0.05) is 28.8 Å². The van der Waals surface area contributed by atoms with Crippen LogP contribution in [0.4, 0.5) is 5.82 Å². The summed E-state index contributed by atoms with van der Waals surface area (Å²) in [7, 11) is 0. The summed E-state index contributed by atoms with van der Waals surface area (Å²) in [6.45, 7) is 1.99. The van der Waals surface area contributed by atoms with E-state index in [4.69, 9.17) is 0 Å². The smallest absolute Gasteiger partial charge is 0.267 e. The molecule has 2 fully saturated rings. The Kier molecular flexibility index (Phi) is 4.34. The SMILES string of the molecule is Cc1nnc(NC2CCC(n3nc(C4CC4)ccc3=O)CC2)c2ccccc12. The Morgan fingerprint density at radius 1 is 0.929 bits per heavy atom. The van der Waals surface area contributed by atoms with E-state index in [1.54, 1.807) is 10.7 Å². The predicted molar refractivity (Wildman–Crippen MR) is 110 cm³/mol. The molecule has 28 heavy (non-hydrogen) atoms. The molecule has 0 unspecified atom stereocenters. The largest absolute Gasteiger partial charge is 0.365 e. The summed E-state index contributed by atoms with van der Waals surface area (Å²) < 4.78 is 1.74. The molecule has 1 N–H and O–H groups in total. The first-order valence-electron chi connectivity index (χ1n) is 10.3. The van der Waals surface area contributed by atoms with E-state index in [0.717, 1.165) is 53.7 Å². The van der Waals surface area contributed by atoms with Gasteiger partial charge in [-0.25, -0.2) is 4.68 Å². The van der Waals surface area contributed by atoms with Crippen LogP contribution in [-0.4, -0.2) is 26.0 Å². The van der Waals surface area contributed by atoms with E-state index in [0.29, 0.717) is 12.0 Å². The molecule has 0 saturated heterocycles. The van der Waals surface area contributed by atoms with Crippen LogP contribution in [0.25, 0.3) is 10.8 Å². The van der Waals surface area contributed by atoms with Crippen LogP contribution in [0.1, 0.15) is 61.9 Å². The first-order valence-corrected chi connectivity index (χ1v) is 10.3. The van der Waals surface area contributed by atoms with E-state index in [9.17, 15) is 4.79 Å². The van der Waals surface area contributed by atoms with Crippen LogP contribution in [-0.2, 0) is 0 Å². The summed E-state index contributed by atoms with van der Waals surface area (Å²) in [4.78, 5) is 12.3. The summed E-state index contributed by atoms with van der Waals surface area (Å²) in [5.41, 5.74) is 2.06. The number of nitrogens with zero attached hydrogens (tertiary/aromatic N) is 4. The Bertz CT molecular complexity index is 1060. The van der Waals surface area contributed by atoms with Gasteiger partial charge in [0.25, 0.3) is 5.56 Å². The van der Waals surface area contributed by atoms with Crippen molar-refractivity contribution in [3.8, 4) is 0 Å². The summed E-state index contributed by atoms with van der Waals surface area (Å²) in [5, 5.41) is 19.2. The highest BCUT2D eigenvalue weighted by Gasteiger charge is 2.28. The van der Waals surface area contributed by atoms with E-state index < -0.39 is 0 Å². The minimum absolute atomic E-state index is 0.0243. The van der Waals surface area contributed by atoms with Gasteiger partial charge in [-0.15, -0.1) is 5.10 Å². The van der Waals surface area contributed by atoms with Crippen LogP contribution >= 0.6 is 0 Å². The van der Waals surface area contributed by atoms with Gasteiger partial charge in [-0.3, -0.25) is 4.79 Å². The second kappa shape index (κ2) is 7.00. The summed E-state index contributed by atoms with van der Waals surface area (Å²) in [6.07, 6.45) is 6.30. The van der Waals surface area contributed by atoms with Crippen LogP contribution in [0.2, 0.25) is 0 Å². The average Bonchev–Trinajstić information content (AvgIpc) is 3.57. The van der Waals surface area contributed by atoms with Crippen molar-refractivity contribution in [2.24, 2.45) is 0 Å². The van der Waals surface area contributed by atoms with Gasteiger partial charge in [-0.05, 0) is 51.5 Å². The van der Waals surface area contributed by atoms with Gasteiger partial charge in [0.2, 0.25) is 0 Å². The quantitative estimate of drug-likeness (QED) is 0.747. The van der Waals surface area contributed by atoms with Gasteiger partial charge < -0.3 is 5.32 Å². The molecule has 6 nitrogen and oxygen atoms in total. The maximum atomic E-state index is 12.3. The van der Waals surface area contributed by atoms with Crippen molar-refractivity contribution in [3.63, 3.8) is 0 Å². The van der Waals surface area contributed by atoms with Crippen molar-refractivity contribution in [1.29, 1.82) is 0 Å². The minimum atomic E-state index is 0.0243. The van der Waals surface area contributed by atoms with E-state index in [-0.39, 0.29) is 11.6 Å². The molecule has 0 spiro atoms. The van der Waals surface area contributed by atoms with Gasteiger partial charge in [-0.2, -0.15) is 10.2 Å². The Labute approximate surface area is 164 Å². The number of nitrogens with one attached hydrogen (secondary N) is 1. The molecule has 5 rings (SSSR count). The molecule has 2 saturated carbocycles. The van der Waals surface area contributed by atoms with Gasteiger partial charge in [0.05, 0.1) is 17.4 Å². The average molecular weight is 375 g/mol. The molecular weight excluding hydrogens is 350 g/mol. The normalized spacial score (nSPS) is 22.3. The minimum Gasteiger partial charge on any atom is -0.365 e. The number of hydrogen-bond donors (Lipinski definition) is 1. The monoisotopic (exact) mass is 375 g/mol. The lowest BCUT2D eigenvalue weighted by molar-refractivity contribution is 0.301. The van der Waals surface area contributed by atoms with Crippen LogP contribution < -0.4 is 10.9 Å². The molecule has 1 aromatic carbocycles. The summed E-state index contributed by atoms with van der Waals surface area (Å²) in [6, 6.07) is 12.4. The van der Waals surface area contributed by atoms with Crippen LogP contribution in [0.5, 0.6) is 0 Å². The number of rotatable bonds is 4. The van der Waals surface area contributed by atoms with E-state index in [1.165, 1.54) is 12.8 Å². The van der Waals surface area contributed by atoms with Crippen molar-refractivity contribution in [1.82, 2.24) is 20.0 Å². The zero-order valence-corrected chi connectivity index (χ0v) is 16.1. The first-order chi connectivity index (χ1) is 13.7. The summed E-state index contributed by atoms with van der Waals surface area (Å²) >= 11 is 0. The molecule has 0 bridgehead atoms. The second-order valence-corrected chi connectivity index (χ2v) is 8.14. The van der Waals surface area contributed by atoms with Crippen molar-refractivity contribution in [2.45, 2.75) is 63.5 Å². The lowest BCUT2D eigenvalue weighted by Crippen LogP contribution is -2.33. The van der Waals surface area contributed by atoms with Crippen molar-refractivity contribution in [2.75, 3.05) is 5.32 Å².